The molecule has 0 bridgehead atoms. The highest BCUT2D eigenvalue weighted by Gasteiger charge is 2.07. The summed E-state index contributed by atoms with van der Waals surface area (Å²) >= 11 is 1.44. The first-order chi connectivity index (χ1) is 13.1. The summed E-state index contributed by atoms with van der Waals surface area (Å²) in [5.41, 5.74) is 1.11. The van der Waals surface area contributed by atoms with Crippen LogP contribution >= 0.6 is 11.3 Å². The smallest absolute Gasteiger partial charge is 0.262 e. The molecule has 142 valence electrons. The maximum atomic E-state index is 12.3. The minimum absolute atomic E-state index is 0.0382. The number of anilines is 1. The summed E-state index contributed by atoms with van der Waals surface area (Å²) in [7, 11) is 2.07. The van der Waals surface area contributed by atoms with Crippen LogP contribution in [0.15, 0.2) is 52.9 Å². The van der Waals surface area contributed by atoms with Crippen LogP contribution < -0.4 is 15.8 Å². The van der Waals surface area contributed by atoms with Gasteiger partial charge in [0.25, 0.3) is 5.56 Å². The van der Waals surface area contributed by atoms with E-state index >= 15 is 0 Å². The number of thiophene rings is 1. The fourth-order valence-corrected chi connectivity index (χ4v) is 3.60. The molecule has 0 aliphatic heterocycles. The zero-order chi connectivity index (χ0) is 19.1. The number of benzene rings is 1. The van der Waals surface area contributed by atoms with Crippen LogP contribution in [0.2, 0.25) is 0 Å². The molecule has 7 heteroatoms. The summed E-state index contributed by atoms with van der Waals surface area (Å²) in [6.07, 6.45) is 3.73. The largest absolute Gasteiger partial charge is 0.375 e. The summed E-state index contributed by atoms with van der Waals surface area (Å²) in [4.78, 5) is 31.5. The van der Waals surface area contributed by atoms with Crippen molar-refractivity contribution in [3.63, 3.8) is 0 Å². The lowest BCUT2D eigenvalue weighted by atomic mass is 10.2. The van der Waals surface area contributed by atoms with Crippen LogP contribution in [0.1, 0.15) is 19.3 Å². The van der Waals surface area contributed by atoms with E-state index in [9.17, 15) is 9.59 Å². The first-order valence-corrected chi connectivity index (χ1v) is 9.98. The van der Waals surface area contributed by atoms with Crippen molar-refractivity contribution in [2.75, 3.05) is 25.0 Å². The van der Waals surface area contributed by atoms with Gasteiger partial charge in [-0.1, -0.05) is 18.2 Å². The zero-order valence-corrected chi connectivity index (χ0v) is 16.2. The number of carbonyl (C=O) groups is 1. The van der Waals surface area contributed by atoms with Crippen LogP contribution in [0, 0.1) is 0 Å². The summed E-state index contributed by atoms with van der Waals surface area (Å²) in [5, 5.41) is 5.40. The Balaban J connectivity index is 1.35. The van der Waals surface area contributed by atoms with E-state index in [0.29, 0.717) is 18.5 Å². The second kappa shape index (κ2) is 9.32. The van der Waals surface area contributed by atoms with Crippen molar-refractivity contribution >= 4 is 33.1 Å². The van der Waals surface area contributed by atoms with Gasteiger partial charge in [0.05, 0.1) is 11.7 Å². The summed E-state index contributed by atoms with van der Waals surface area (Å²) < 4.78 is 1.50. The maximum Gasteiger partial charge on any atom is 0.262 e. The number of fused-ring (bicyclic) bond motifs is 1. The van der Waals surface area contributed by atoms with Gasteiger partial charge in [0.1, 0.15) is 4.83 Å². The van der Waals surface area contributed by atoms with Crippen molar-refractivity contribution < 1.29 is 4.79 Å². The lowest BCUT2D eigenvalue weighted by Crippen LogP contribution is -2.28. The minimum Gasteiger partial charge on any atom is -0.375 e. The molecule has 0 fully saturated rings. The lowest BCUT2D eigenvalue weighted by Gasteiger charge is -2.19. The molecule has 3 aromatic rings. The Morgan fingerprint density at radius 2 is 2.04 bits per heavy atom. The molecular weight excluding hydrogens is 360 g/mol. The highest BCUT2D eigenvalue weighted by Crippen LogP contribution is 2.13. The molecule has 0 saturated carbocycles. The predicted molar refractivity (Wildman–Crippen MR) is 110 cm³/mol. The molecule has 1 aromatic carbocycles. The number of nitrogens with one attached hydrogen (secondary N) is 1. The Morgan fingerprint density at radius 1 is 1.22 bits per heavy atom. The summed E-state index contributed by atoms with van der Waals surface area (Å²) in [6.45, 7) is 1.94. The second-order valence-electron chi connectivity index (χ2n) is 6.45. The van der Waals surface area contributed by atoms with Crippen molar-refractivity contribution in [1.29, 1.82) is 0 Å². The molecule has 0 aliphatic rings. The topological polar surface area (TPSA) is 67.2 Å². The van der Waals surface area contributed by atoms with E-state index in [1.165, 1.54) is 27.9 Å². The van der Waals surface area contributed by atoms with Crippen LogP contribution in [0.25, 0.3) is 10.2 Å². The number of hydrogen-bond acceptors (Lipinski definition) is 5. The first-order valence-electron chi connectivity index (χ1n) is 9.10. The Bertz CT molecular complexity index is 936. The van der Waals surface area contributed by atoms with Crippen molar-refractivity contribution in [2.45, 2.75) is 25.8 Å². The molecule has 2 aromatic heterocycles. The Morgan fingerprint density at radius 3 is 2.85 bits per heavy atom. The Labute approximate surface area is 162 Å². The molecule has 2 heterocycles. The number of aromatic nitrogens is 2. The van der Waals surface area contributed by atoms with E-state index in [-0.39, 0.29) is 17.9 Å². The second-order valence-corrected chi connectivity index (χ2v) is 7.34. The van der Waals surface area contributed by atoms with Crippen LogP contribution in [-0.4, -0.2) is 35.6 Å². The number of hydrogen-bond donors (Lipinski definition) is 1. The van der Waals surface area contributed by atoms with Crippen molar-refractivity contribution in [2.24, 2.45) is 0 Å². The van der Waals surface area contributed by atoms with Crippen LogP contribution in [0.4, 0.5) is 5.69 Å². The molecule has 0 aliphatic carbocycles. The number of carbonyl (C=O) groups excluding carboxylic acids is 1. The molecule has 27 heavy (non-hydrogen) atoms. The van der Waals surface area contributed by atoms with Crippen molar-refractivity contribution in [3.05, 3.63) is 58.5 Å². The zero-order valence-electron chi connectivity index (χ0n) is 15.4. The number of para-hydroxylation sites is 1. The van der Waals surface area contributed by atoms with Gasteiger partial charge in [-0.2, -0.15) is 0 Å². The normalized spacial score (nSPS) is 10.9. The third kappa shape index (κ3) is 5.17. The van der Waals surface area contributed by atoms with Crippen molar-refractivity contribution in [1.82, 2.24) is 14.9 Å². The molecule has 0 saturated heterocycles. The molecule has 0 unspecified atom stereocenters. The van der Waals surface area contributed by atoms with Gasteiger partial charge in [0, 0.05) is 38.8 Å². The average Bonchev–Trinajstić information content (AvgIpc) is 3.17. The molecule has 0 spiro atoms. The molecule has 0 radical (unpaired) electrons. The number of nitrogens with zero attached hydrogens (tertiary/aromatic N) is 3. The van der Waals surface area contributed by atoms with Crippen LogP contribution in [-0.2, 0) is 11.3 Å². The van der Waals surface area contributed by atoms with E-state index in [2.05, 4.69) is 34.4 Å². The van der Waals surface area contributed by atoms with Crippen LogP contribution in [0.3, 0.4) is 0 Å². The fourth-order valence-electron chi connectivity index (χ4n) is 2.88. The predicted octanol–water partition coefficient (Wildman–Crippen LogP) is 2.88. The van der Waals surface area contributed by atoms with Gasteiger partial charge >= 0.3 is 0 Å². The van der Waals surface area contributed by atoms with Gasteiger partial charge in [0.2, 0.25) is 5.91 Å². The van der Waals surface area contributed by atoms with E-state index in [4.69, 9.17) is 0 Å². The van der Waals surface area contributed by atoms with Crippen LogP contribution in [0.5, 0.6) is 0 Å². The van der Waals surface area contributed by atoms with E-state index in [1.54, 1.807) is 6.07 Å². The maximum absolute atomic E-state index is 12.3. The highest BCUT2D eigenvalue weighted by molar-refractivity contribution is 7.16. The quantitative estimate of drug-likeness (QED) is 0.576. The van der Waals surface area contributed by atoms with Crippen molar-refractivity contribution in [3.8, 4) is 0 Å². The third-order valence-corrected chi connectivity index (χ3v) is 5.29. The van der Waals surface area contributed by atoms with Gasteiger partial charge in [-0.3, -0.25) is 14.2 Å². The number of unbranched alkanes of at least 4 members (excludes halogenated alkanes) is 1. The van der Waals surface area contributed by atoms with E-state index < -0.39 is 0 Å². The summed E-state index contributed by atoms with van der Waals surface area (Å²) in [6, 6.07) is 12.0. The SMILES string of the molecule is CN(CCCCNC(=O)CCn1cnc2sccc2c1=O)c1ccccc1. The van der Waals surface area contributed by atoms with E-state index in [1.807, 2.05) is 23.6 Å². The standard InChI is InChI=1S/C20H24N4O2S/c1-23(16-7-3-2-4-8-16)12-6-5-11-21-18(25)9-13-24-15-22-19-17(20(24)26)10-14-27-19/h2-4,7-8,10,14-15H,5-6,9,11-13H2,1H3,(H,21,25). The van der Waals surface area contributed by atoms with Gasteiger partial charge in [-0.05, 0) is 36.4 Å². The monoisotopic (exact) mass is 384 g/mol. The fraction of sp³-hybridized carbons (Fsp3) is 0.350. The molecule has 6 nitrogen and oxygen atoms in total. The highest BCUT2D eigenvalue weighted by atomic mass is 32.1. The number of rotatable bonds is 9. The minimum atomic E-state index is -0.0852. The number of aryl methyl sites for hydroxylation is 1. The molecule has 0 atom stereocenters. The first kappa shape index (κ1) is 19.1. The number of amides is 1. The summed E-state index contributed by atoms with van der Waals surface area (Å²) in [5.74, 6) is -0.0382. The Hall–Kier alpha value is -2.67. The van der Waals surface area contributed by atoms with E-state index in [0.717, 1.165) is 24.2 Å². The third-order valence-electron chi connectivity index (χ3n) is 4.47. The van der Waals surface area contributed by atoms with Gasteiger partial charge < -0.3 is 10.2 Å². The molecule has 1 amide bonds. The lowest BCUT2D eigenvalue weighted by molar-refractivity contribution is -0.121. The molecule has 1 N–H and O–H groups in total. The van der Waals surface area contributed by atoms with Gasteiger partial charge in [0.15, 0.2) is 0 Å². The van der Waals surface area contributed by atoms with Gasteiger partial charge in [-0.15, -0.1) is 11.3 Å². The molecule has 3 rings (SSSR count). The van der Waals surface area contributed by atoms with Gasteiger partial charge in [-0.25, -0.2) is 4.98 Å². The average molecular weight is 385 g/mol. The molecular formula is C20H24N4O2S. The Kier molecular flexibility index (Phi) is 6.59.